The van der Waals surface area contributed by atoms with E-state index in [1.165, 1.54) is 24.8 Å². The van der Waals surface area contributed by atoms with E-state index < -0.39 is 0 Å². The fourth-order valence-corrected chi connectivity index (χ4v) is 1.46. The third-order valence-corrected chi connectivity index (χ3v) is 2.29. The summed E-state index contributed by atoms with van der Waals surface area (Å²) in [5, 5.41) is 0. The van der Waals surface area contributed by atoms with Gasteiger partial charge in [0, 0.05) is 13.2 Å². The van der Waals surface area contributed by atoms with Gasteiger partial charge in [-0.1, -0.05) is 20.3 Å². The summed E-state index contributed by atoms with van der Waals surface area (Å²) in [5.41, 5.74) is 1.30. The first-order valence-electron chi connectivity index (χ1n) is 5.88. The van der Waals surface area contributed by atoms with Crippen LogP contribution in [0.1, 0.15) is 38.7 Å². The van der Waals surface area contributed by atoms with Crippen LogP contribution in [-0.4, -0.2) is 13.2 Å². The van der Waals surface area contributed by atoms with E-state index in [-0.39, 0.29) is 0 Å². The Morgan fingerprint density at radius 1 is 1.27 bits per heavy atom. The second-order valence-electron chi connectivity index (χ2n) is 4.41. The number of hydrogen-bond acceptors (Lipinski definition) is 2. The van der Waals surface area contributed by atoms with Gasteiger partial charge in [0.2, 0.25) is 0 Å². The van der Waals surface area contributed by atoms with E-state index in [0.717, 1.165) is 19.6 Å². The Bertz CT molecular complexity index is 227. The van der Waals surface area contributed by atoms with Crippen molar-refractivity contribution in [3.8, 4) is 0 Å². The molecule has 0 unspecified atom stereocenters. The Kier molecular flexibility index (Phi) is 6.17. The van der Waals surface area contributed by atoms with Crippen molar-refractivity contribution < 1.29 is 9.15 Å². The van der Waals surface area contributed by atoms with Crippen molar-refractivity contribution in [1.82, 2.24) is 0 Å². The average Bonchev–Trinajstić information content (AvgIpc) is 2.68. The predicted molar refractivity (Wildman–Crippen MR) is 61.9 cm³/mol. The molecule has 0 N–H and O–H groups in total. The van der Waals surface area contributed by atoms with Crippen LogP contribution >= 0.6 is 0 Å². The summed E-state index contributed by atoms with van der Waals surface area (Å²) in [6.07, 6.45) is 8.33. The zero-order chi connectivity index (χ0) is 10.9. The molecule has 0 fully saturated rings. The Morgan fingerprint density at radius 2 is 2.13 bits per heavy atom. The first-order valence-corrected chi connectivity index (χ1v) is 5.88. The summed E-state index contributed by atoms with van der Waals surface area (Å²) in [7, 11) is 0. The first kappa shape index (κ1) is 12.3. The number of aryl methyl sites for hydroxylation is 1. The molecule has 0 saturated heterocycles. The van der Waals surface area contributed by atoms with Gasteiger partial charge in [0.05, 0.1) is 12.5 Å². The van der Waals surface area contributed by atoms with Crippen LogP contribution in [0.4, 0.5) is 0 Å². The van der Waals surface area contributed by atoms with Crippen LogP contribution in [0.25, 0.3) is 0 Å². The topological polar surface area (TPSA) is 22.4 Å². The van der Waals surface area contributed by atoms with Crippen molar-refractivity contribution in [2.24, 2.45) is 5.92 Å². The molecule has 0 aliphatic carbocycles. The zero-order valence-electron chi connectivity index (χ0n) is 9.87. The highest BCUT2D eigenvalue weighted by Crippen LogP contribution is 2.07. The third-order valence-electron chi connectivity index (χ3n) is 2.29. The van der Waals surface area contributed by atoms with Crippen LogP contribution in [0.15, 0.2) is 23.0 Å². The van der Waals surface area contributed by atoms with Gasteiger partial charge in [0.15, 0.2) is 0 Å². The molecule has 15 heavy (non-hydrogen) atoms. The molecule has 1 aromatic rings. The minimum absolute atomic E-state index is 0.649. The van der Waals surface area contributed by atoms with Crippen LogP contribution in [0, 0.1) is 5.92 Å². The van der Waals surface area contributed by atoms with Gasteiger partial charge in [0.25, 0.3) is 0 Å². The van der Waals surface area contributed by atoms with Gasteiger partial charge in [0.1, 0.15) is 0 Å². The normalized spacial score (nSPS) is 11.1. The first-order chi connectivity index (χ1) is 7.29. The summed E-state index contributed by atoms with van der Waals surface area (Å²) in [5.74, 6) is 0.649. The van der Waals surface area contributed by atoms with Gasteiger partial charge in [-0.05, 0) is 36.8 Å². The monoisotopic (exact) mass is 210 g/mol. The number of furan rings is 1. The van der Waals surface area contributed by atoms with Gasteiger partial charge in [-0.15, -0.1) is 0 Å². The molecule has 86 valence electrons. The molecular formula is C13H22O2. The van der Waals surface area contributed by atoms with E-state index in [2.05, 4.69) is 13.8 Å². The van der Waals surface area contributed by atoms with E-state index >= 15 is 0 Å². The molecule has 0 aliphatic rings. The maximum absolute atomic E-state index is 5.51. The zero-order valence-corrected chi connectivity index (χ0v) is 9.87. The molecule has 0 amide bonds. The number of unbranched alkanes of at least 4 members (excludes halogenated alkanes) is 2. The Hall–Kier alpha value is -0.760. The van der Waals surface area contributed by atoms with Gasteiger partial charge < -0.3 is 9.15 Å². The second-order valence-corrected chi connectivity index (χ2v) is 4.41. The van der Waals surface area contributed by atoms with E-state index in [4.69, 9.17) is 9.15 Å². The van der Waals surface area contributed by atoms with Crippen molar-refractivity contribution in [3.05, 3.63) is 24.2 Å². The third kappa shape index (κ3) is 6.34. The molecule has 1 aromatic heterocycles. The lowest BCUT2D eigenvalue weighted by Gasteiger charge is -2.06. The molecule has 2 nitrogen and oxygen atoms in total. The molecule has 2 heteroatoms. The highest BCUT2D eigenvalue weighted by molar-refractivity contribution is 5.04. The molecule has 0 aliphatic heterocycles. The second kappa shape index (κ2) is 7.52. The molecule has 0 atom stereocenters. The Morgan fingerprint density at radius 3 is 2.80 bits per heavy atom. The van der Waals surface area contributed by atoms with Crippen LogP contribution in [0.2, 0.25) is 0 Å². The standard InChI is InChI=1S/C13H22O2/c1-12(2)10-14-8-5-3-4-6-13-7-9-15-11-13/h7,9,11-12H,3-6,8,10H2,1-2H3. The lowest BCUT2D eigenvalue weighted by molar-refractivity contribution is 0.106. The summed E-state index contributed by atoms with van der Waals surface area (Å²) in [6.45, 7) is 6.16. The van der Waals surface area contributed by atoms with E-state index in [1.807, 2.05) is 12.3 Å². The molecule has 1 rings (SSSR count). The van der Waals surface area contributed by atoms with Gasteiger partial charge in [-0.3, -0.25) is 0 Å². The summed E-state index contributed by atoms with van der Waals surface area (Å²) < 4.78 is 10.5. The van der Waals surface area contributed by atoms with Crippen molar-refractivity contribution >= 4 is 0 Å². The van der Waals surface area contributed by atoms with E-state index in [9.17, 15) is 0 Å². The minimum Gasteiger partial charge on any atom is -0.472 e. The Labute approximate surface area is 92.6 Å². The number of hydrogen-bond donors (Lipinski definition) is 0. The predicted octanol–water partition coefficient (Wildman–Crippen LogP) is 3.67. The van der Waals surface area contributed by atoms with Gasteiger partial charge in [-0.25, -0.2) is 0 Å². The van der Waals surface area contributed by atoms with Gasteiger partial charge >= 0.3 is 0 Å². The maximum Gasteiger partial charge on any atom is 0.0934 e. The molecule has 0 radical (unpaired) electrons. The largest absolute Gasteiger partial charge is 0.472 e. The van der Waals surface area contributed by atoms with Crippen LogP contribution in [0.5, 0.6) is 0 Å². The van der Waals surface area contributed by atoms with Crippen LogP contribution in [0.3, 0.4) is 0 Å². The quantitative estimate of drug-likeness (QED) is 0.611. The molecule has 0 aromatic carbocycles. The summed E-state index contributed by atoms with van der Waals surface area (Å²) in [4.78, 5) is 0. The highest BCUT2D eigenvalue weighted by atomic mass is 16.5. The van der Waals surface area contributed by atoms with Crippen molar-refractivity contribution in [2.75, 3.05) is 13.2 Å². The number of ether oxygens (including phenoxy) is 1. The van der Waals surface area contributed by atoms with Crippen LogP contribution in [-0.2, 0) is 11.2 Å². The van der Waals surface area contributed by atoms with Crippen LogP contribution < -0.4 is 0 Å². The van der Waals surface area contributed by atoms with Crippen molar-refractivity contribution in [3.63, 3.8) is 0 Å². The van der Waals surface area contributed by atoms with Crippen molar-refractivity contribution in [2.45, 2.75) is 39.5 Å². The smallest absolute Gasteiger partial charge is 0.0934 e. The molecule has 0 bridgehead atoms. The molecule has 0 spiro atoms. The fourth-order valence-electron chi connectivity index (χ4n) is 1.46. The van der Waals surface area contributed by atoms with Crippen molar-refractivity contribution in [1.29, 1.82) is 0 Å². The molecular weight excluding hydrogens is 188 g/mol. The summed E-state index contributed by atoms with van der Waals surface area (Å²) in [6, 6.07) is 2.04. The summed E-state index contributed by atoms with van der Waals surface area (Å²) >= 11 is 0. The molecule has 1 heterocycles. The average molecular weight is 210 g/mol. The van der Waals surface area contributed by atoms with Gasteiger partial charge in [-0.2, -0.15) is 0 Å². The SMILES string of the molecule is CC(C)COCCCCCc1ccoc1. The van der Waals surface area contributed by atoms with E-state index in [0.29, 0.717) is 5.92 Å². The van der Waals surface area contributed by atoms with E-state index in [1.54, 1.807) is 6.26 Å². The number of rotatable bonds is 8. The molecule has 0 saturated carbocycles. The Balaban J connectivity index is 1.85. The minimum atomic E-state index is 0.649. The maximum atomic E-state index is 5.51. The lowest BCUT2D eigenvalue weighted by atomic mass is 10.1. The highest BCUT2D eigenvalue weighted by Gasteiger charge is 1.96. The fraction of sp³-hybridized carbons (Fsp3) is 0.692. The lowest BCUT2D eigenvalue weighted by Crippen LogP contribution is -2.03.